The Bertz CT molecular complexity index is 1110. The lowest BCUT2D eigenvalue weighted by Crippen LogP contribution is -2.38. The van der Waals surface area contributed by atoms with E-state index in [1.807, 2.05) is 24.3 Å². The molecule has 140 valence electrons. The third kappa shape index (κ3) is 3.02. The predicted molar refractivity (Wildman–Crippen MR) is 99.4 cm³/mol. The Hall–Kier alpha value is -3.55. The molecule has 5 rings (SSSR count). The Morgan fingerprint density at radius 2 is 1.86 bits per heavy atom. The van der Waals surface area contributed by atoms with Gasteiger partial charge < -0.3 is 13.7 Å². The molecule has 1 aromatic carbocycles. The van der Waals surface area contributed by atoms with Crippen molar-refractivity contribution in [2.75, 3.05) is 13.1 Å². The number of hydrogen-bond donors (Lipinski definition) is 0. The molecule has 0 N–H and O–H groups in total. The van der Waals surface area contributed by atoms with Crippen LogP contribution in [0.15, 0.2) is 57.7 Å². The van der Waals surface area contributed by atoms with Gasteiger partial charge in [0.05, 0.1) is 23.5 Å². The van der Waals surface area contributed by atoms with E-state index >= 15 is 0 Å². The van der Waals surface area contributed by atoms with Crippen LogP contribution in [0, 0.1) is 0 Å². The normalized spacial score (nSPS) is 15.2. The molecule has 28 heavy (non-hydrogen) atoms. The number of benzene rings is 1. The molecule has 1 fully saturated rings. The third-order valence-corrected chi connectivity index (χ3v) is 4.97. The summed E-state index contributed by atoms with van der Waals surface area (Å²) in [6.45, 7) is 1.22. The fourth-order valence-electron chi connectivity index (χ4n) is 3.45. The minimum Gasteiger partial charge on any atom is -0.459 e. The first kappa shape index (κ1) is 16.6. The van der Waals surface area contributed by atoms with E-state index in [1.165, 1.54) is 0 Å². The molecule has 3 aromatic heterocycles. The van der Waals surface area contributed by atoms with Crippen LogP contribution in [-0.4, -0.2) is 44.1 Å². The second-order valence-electron chi connectivity index (χ2n) is 6.73. The zero-order chi connectivity index (χ0) is 18.9. The predicted octanol–water partition coefficient (Wildman–Crippen LogP) is 3.29. The van der Waals surface area contributed by atoms with E-state index in [2.05, 4.69) is 20.2 Å². The summed E-state index contributed by atoms with van der Waals surface area (Å²) in [4.78, 5) is 23.4. The Balaban J connectivity index is 1.27. The summed E-state index contributed by atoms with van der Waals surface area (Å²) < 4.78 is 11.0. The van der Waals surface area contributed by atoms with Crippen molar-refractivity contribution in [1.29, 1.82) is 0 Å². The molecule has 0 atom stereocenters. The van der Waals surface area contributed by atoms with Gasteiger partial charge in [-0.15, -0.1) is 10.2 Å². The highest BCUT2D eigenvalue weighted by Gasteiger charge is 2.29. The lowest BCUT2D eigenvalue weighted by molar-refractivity contribution is 0.0700. The third-order valence-electron chi connectivity index (χ3n) is 4.97. The maximum absolute atomic E-state index is 12.8. The van der Waals surface area contributed by atoms with Crippen LogP contribution in [0.5, 0.6) is 0 Å². The number of furan rings is 1. The summed E-state index contributed by atoms with van der Waals surface area (Å²) in [5, 5.41) is 8.21. The number of fused-ring (bicyclic) bond motifs is 1. The molecule has 1 aliphatic heterocycles. The highest BCUT2D eigenvalue weighted by molar-refractivity contribution is 5.93. The summed E-state index contributed by atoms with van der Waals surface area (Å²) in [5.41, 5.74) is 1.87. The monoisotopic (exact) mass is 375 g/mol. The summed E-state index contributed by atoms with van der Waals surface area (Å²) >= 11 is 0. The average Bonchev–Trinajstić information content (AvgIpc) is 3.45. The number of para-hydroxylation sites is 2. The van der Waals surface area contributed by atoms with E-state index in [-0.39, 0.29) is 11.8 Å². The highest BCUT2D eigenvalue weighted by atomic mass is 16.4. The molecule has 4 aromatic rings. The van der Waals surface area contributed by atoms with Gasteiger partial charge in [-0.2, -0.15) is 0 Å². The van der Waals surface area contributed by atoms with Crippen LogP contribution in [0.2, 0.25) is 0 Å². The first-order valence-corrected chi connectivity index (χ1v) is 9.16. The molecule has 0 bridgehead atoms. The van der Waals surface area contributed by atoms with Gasteiger partial charge in [-0.05, 0) is 37.1 Å². The van der Waals surface area contributed by atoms with E-state index in [4.69, 9.17) is 8.83 Å². The zero-order valence-electron chi connectivity index (χ0n) is 15.0. The number of likely N-dealkylation sites (tertiary alicyclic amines) is 1. The maximum Gasteiger partial charge on any atom is 0.283 e. The van der Waals surface area contributed by atoms with Crippen molar-refractivity contribution in [3.63, 3.8) is 0 Å². The van der Waals surface area contributed by atoms with Gasteiger partial charge in [-0.3, -0.25) is 9.78 Å². The van der Waals surface area contributed by atoms with Gasteiger partial charge in [-0.25, -0.2) is 4.98 Å². The fourth-order valence-corrected chi connectivity index (χ4v) is 3.45. The number of piperidine rings is 1. The highest BCUT2D eigenvalue weighted by Crippen LogP contribution is 2.30. The molecule has 1 amide bonds. The molecular formula is C20H17N5O3. The van der Waals surface area contributed by atoms with Crippen molar-refractivity contribution in [3.05, 3.63) is 60.4 Å². The lowest BCUT2D eigenvalue weighted by Gasteiger charge is -2.30. The minimum absolute atomic E-state index is 0.0986. The van der Waals surface area contributed by atoms with Crippen LogP contribution in [0.1, 0.15) is 35.1 Å². The van der Waals surface area contributed by atoms with Crippen molar-refractivity contribution in [3.8, 4) is 11.7 Å². The zero-order valence-corrected chi connectivity index (χ0v) is 15.0. The Morgan fingerprint density at radius 3 is 2.64 bits per heavy atom. The molecule has 1 aliphatic rings. The number of carbonyl (C=O) groups is 1. The molecule has 1 saturated heterocycles. The van der Waals surface area contributed by atoms with Crippen LogP contribution in [0.4, 0.5) is 0 Å². The van der Waals surface area contributed by atoms with Gasteiger partial charge in [0.2, 0.25) is 5.89 Å². The number of amides is 1. The Morgan fingerprint density at radius 1 is 1.04 bits per heavy atom. The van der Waals surface area contributed by atoms with E-state index in [0.29, 0.717) is 36.3 Å². The first-order chi connectivity index (χ1) is 13.8. The van der Waals surface area contributed by atoms with Crippen LogP contribution in [0.3, 0.4) is 0 Å². The lowest BCUT2D eigenvalue weighted by atomic mass is 9.96. The summed E-state index contributed by atoms with van der Waals surface area (Å²) in [7, 11) is 0. The second kappa shape index (κ2) is 6.88. The van der Waals surface area contributed by atoms with Crippen molar-refractivity contribution in [1.82, 2.24) is 25.1 Å². The van der Waals surface area contributed by atoms with Gasteiger partial charge in [0.15, 0.2) is 5.76 Å². The topological polar surface area (TPSA) is 98.2 Å². The van der Waals surface area contributed by atoms with E-state index in [1.54, 1.807) is 29.5 Å². The SMILES string of the molecule is O=C(c1cnc2ccccc2n1)N1CCC(c2nnc(-c3ccco3)o2)CC1. The largest absolute Gasteiger partial charge is 0.459 e. The van der Waals surface area contributed by atoms with Gasteiger partial charge in [0.25, 0.3) is 11.8 Å². The smallest absolute Gasteiger partial charge is 0.283 e. The summed E-state index contributed by atoms with van der Waals surface area (Å²) in [5.74, 6) is 1.55. The van der Waals surface area contributed by atoms with Gasteiger partial charge in [0, 0.05) is 19.0 Å². The van der Waals surface area contributed by atoms with Gasteiger partial charge in [-0.1, -0.05) is 12.1 Å². The van der Waals surface area contributed by atoms with Crippen molar-refractivity contribution in [2.24, 2.45) is 0 Å². The minimum atomic E-state index is -0.0986. The van der Waals surface area contributed by atoms with Crippen LogP contribution < -0.4 is 0 Å². The number of aromatic nitrogens is 4. The van der Waals surface area contributed by atoms with Crippen molar-refractivity contribution < 1.29 is 13.6 Å². The number of carbonyl (C=O) groups excluding carboxylic acids is 1. The van der Waals surface area contributed by atoms with E-state index in [9.17, 15) is 4.79 Å². The van der Waals surface area contributed by atoms with Crippen LogP contribution in [-0.2, 0) is 0 Å². The van der Waals surface area contributed by atoms with Crippen molar-refractivity contribution in [2.45, 2.75) is 18.8 Å². The fraction of sp³-hybridized carbons (Fsp3) is 0.250. The average molecular weight is 375 g/mol. The van der Waals surface area contributed by atoms with Crippen molar-refractivity contribution >= 4 is 16.9 Å². The van der Waals surface area contributed by atoms with Crippen LogP contribution in [0.25, 0.3) is 22.7 Å². The molecule has 0 radical (unpaired) electrons. The molecule has 8 heteroatoms. The quantitative estimate of drug-likeness (QED) is 0.542. The van der Waals surface area contributed by atoms with E-state index < -0.39 is 0 Å². The molecule has 0 spiro atoms. The Kier molecular flexibility index (Phi) is 4.08. The Labute approximate surface area is 160 Å². The molecule has 0 unspecified atom stereocenters. The molecule has 8 nitrogen and oxygen atoms in total. The van der Waals surface area contributed by atoms with Gasteiger partial charge >= 0.3 is 0 Å². The summed E-state index contributed by atoms with van der Waals surface area (Å²) in [6.07, 6.45) is 4.63. The maximum atomic E-state index is 12.8. The number of rotatable bonds is 3. The van der Waals surface area contributed by atoms with E-state index in [0.717, 1.165) is 23.9 Å². The molecule has 0 saturated carbocycles. The number of nitrogens with zero attached hydrogens (tertiary/aromatic N) is 5. The molecular weight excluding hydrogens is 358 g/mol. The second-order valence-corrected chi connectivity index (χ2v) is 6.73. The van der Waals surface area contributed by atoms with Crippen LogP contribution >= 0.6 is 0 Å². The van der Waals surface area contributed by atoms with Gasteiger partial charge in [0.1, 0.15) is 5.69 Å². The first-order valence-electron chi connectivity index (χ1n) is 9.16. The standard InChI is InChI=1S/C20H17N5O3/c26-20(16-12-21-14-4-1-2-5-15(14)22-16)25-9-7-13(8-10-25)18-23-24-19(28-18)17-6-3-11-27-17/h1-6,11-13H,7-10H2. The number of hydrogen-bond acceptors (Lipinski definition) is 7. The summed E-state index contributed by atoms with van der Waals surface area (Å²) in [6, 6.07) is 11.1. The molecule has 4 heterocycles. The molecule has 0 aliphatic carbocycles.